The fourth-order valence-electron chi connectivity index (χ4n) is 2.31. The van der Waals surface area contributed by atoms with E-state index in [-0.39, 0.29) is 18.6 Å². The van der Waals surface area contributed by atoms with Gasteiger partial charge in [0.25, 0.3) is 0 Å². The van der Waals surface area contributed by atoms with Crippen molar-refractivity contribution in [2.45, 2.75) is 37.8 Å². The number of hydrogen-bond acceptors (Lipinski definition) is 4. The van der Waals surface area contributed by atoms with Gasteiger partial charge in [0.05, 0.1) is 0 Å². The molecule has 4 nitrogen and oxygen atoms in total. The summed E-state index contributed by atoms with van der Waals surface area (Å²) in [5, 5.41) is 8.75. The van der Waals surface area contributed by atoms with Crippen LogP contribution in [0, 0.1) is 0 Å². The van der Waals surface area contributed by atoms with Crippen LogP contribution in [0.1, 0.15) is 37.3 Å². The molecular weight excluding hydrogens is 274 g/mol. The number of rotatable bonds is 6. The molecule has 1 aliphatic heterocycles. The average molecular weight is 295 g/mol. The Morgan fingerprint density at radius 2 is 2.30 bits per heavy atom. The summed E-state index contributed by atoms with van der Waals surface area (Å²) in [6.07, 6.45) is 3.00. The molecule has 1 aromatic rings. The van der Waals surface area contributed by atoms with Gasteiger partial charge in [-0.2, -0.15) is 11.8 Å². The van der Waals surface area contributed by atoms with Gasteiger partial charge in [-0.05, 0) is 31.1 Å². The number of para-hydroxylation sites is 1. The fourth-order valence-corrected chi connectivity index (χ4v) is 3.35. The van der Waals surface area contributed by atoms with Gasteiger partial charge in [-0.25, -0.2) is 0 Å². The molecule has 5 heteroatoms. The molecule has 1 fully saturated rings. The Morgan fingerprint density at radius 3 is 3.00 bits per heavy atom. The lowest BCUT2D eigenvalue weighted by molar-refractivity contribution is -0.137. The van der Waals surface area contributed by atoms with Crippen LogP contribution in [0.2, 0.25) is 0 Å². The Labute approximate surface area is 123 Å². The molecule has 110 valence electrons. The van der Waals surface area contributed by atoms with Crippen molar-refractivity contribution in [1.29, 1.82) is 0 Å². The zero-order valence-corrected chi connectivity index (χ0v) is 12.3. The van der Waals surface area contributed by atoms with Gasteiger partial charge >= 0.3 is 5.97 Å². The van der Waals surface area contributed by atoms with Crippen LogP contribution in [0.4, 0.5) is 0 Å². The highest BCUT2D eigenvalue weighted by atomic mass is 32.2. The molecule has 2 rings (SSSR count). The lowest BCUT2D eigenvalue weighted by Gasteiger charge is -2.25. The van der Waals surface area contributed by atoms with E-state index in [1.165, 1.54) is 12.2 Å². The smallest absolute Gasteiger partial charge is 0.303 e. The number of carboxylic acids is 1. The highest BCUT2D eigenvalue weighted by Gasteiger charge is 2.19. The Bertz CT molecular complexity index is 446. The van der Waals surface area contributed by atoms with Gasteiger partial charge in [0.2, 0.25) is 0 Å². The Balaban J connectivity index is 2.02. The third-order valence-corrected chi connectivity index (χ3v) is 4.58. The number of hydrogen-bond donors (Lipinski definition) is 2. The van der Waals surface area contributed by atoms with E-state index in [0.717, 1.165) is 23.5 Å². The van der Waals surface area contributed by atoms with Gasteiger partial charge in [-0.15, -0.1) is 0 Å². The Morgan fingerprint density at radius 1 is 1.50 bits per heavy atom. The van der Waals surface area contributed by atoms with E-state index in [0.29, 0.717) is 6.42 Å². The van der Waals surface area contributed by atoms with E-state index in [9.17, 15) is 4.79 Å². The number of aliphatic carboxylic acids is 1. The molecule has 0 spiro atoms. The third kappa shape index (κ3) is 4.42. The van der Waals surface area contributed by atoms with Crippen molar-refractivity contribution in [2.24, 2.45) is 5.73 Å². The number of benzene rings is 1. The third-order valence-electron chi connectivity index (χ3n) is 3.40. The van der Waals surface area contributed by atoms with Crippen molar-refractivity contribution in [2.75, 3.05) is 11.5 Å². The van der Waals surface area contributed by atoms with Crippen LogP contribution in [-0.2, 0) is 4.79 Å². The first-order valence-electron chi connectivity index (χ1n) is 6.97. The predicted octanol–water partition coefficient (Wildman–Crippen LogP) is 2.83. The summed E-state index contributed by atoms with van der Waals surface area (Å²) in [5.41, 5.74) is 7.01. The number of nitrogens with two attached hydrogens (primary N) is 1. The summed E-state index contributed by atoms with van der Waals surface area (Å²) in [4.78, 5) is 10.6. The molecule has 0 saturated carbocycles. The minimum absolute atomic E-state index is 0.0782. The second-order valence-corrected chi connectivity index (χ2v) is 6.18. The van der Waals surface area contributed by atoms with Crippen LogP contribution in [0.15, 0.2) is 24.3 Å². The summed E-state index contributed by atoms with van der Waals surface area (Å²) in [6, 6.07) is 7.41. The minimum atomic E-state index is -0.817. The number of thioether (sulfide) groups is 1. The van der Waals surface area contributed by atoms with Crippen LogP contribution >= 0.6 is 11.8 Å². The maximum atomic E-state index is 10.6. The van der Waals surface area contributed by atoms with E-state index in [2.05, 4.69) is 0 Å². The summed E-state index contributed by atoms with van der Waals surface area (Å²) in [5.74, 6) is 2.21. The molecular formula is C15H21NO3S. The monoisotopic (exact) mass is 295 g/mol. The molecule has 0 bridgehead atoms. The lowest BCUT2D eigenvalue weighted by atomic mass is 10.0. The largest absolute Gasteiger partial charge is 0.489 e. The second-order valence-electron chi connectivity index (χ2n) is 5.03. The van der Waals surface area contributed by atoms with E-state index < -0.39 is 5.97 Å². The Hall–Kier alpha value is -1.20. The summed E-state index contributed by atoms with van der Waals surface area (Å²) < 4.78 is 6.07. The zero-order chi connectivity index (χ0) is 14.4. The van der Waals surface area contributed by atoms with E-state index in [4.69, 9.17) is 15.6 Å². The molecule has 1 saturated heterocycles. The van der Waals surface area contributed by atoms with E-state index in [1.54, 1.807) is 0 Å². The average Bonchev–Trinajstić information content (AvgIpc) is 2.46. The summed E-state index contributed by atoms with van der Waals surface area (Å²) >= 11 is 1.92. The van der Waals surface area contributed by atoms with Crippen LogP contribution in [0.5, 0.6) is 5.75 Å². The van der Waals surface area contributed by atoms with Crippen LogP contribution < -0.4 is 10.5 Å². The van der Waals surface area contributed by atoms with Gasteiger partial charge < -0.3 is 15.6 Å². The fraction of sp³-hybridized carbons (Fsp3) is 0.533. The van der Waals surface area contributed by atoms with Gasteiger partial charge in [0, 0.05) is 23.8 Å². The number of carboxylic acid groups (broad SMARTS) is 1. The van der Waals surface area contributed by atoms with Crippen LogP contribution in [-0.4, -0.2) is 28.7 Å². The molecule has 0 aliphatic carbocycles. The topological polar surface area (TPSA) is 72.6 Å². The van der Waals surface area contributed by atoms with Gasteiger partial charge in [-0.1, -0.05) is 18.2 Å². The molecule has 1 aromatic carbocycles. The molecule has 1 aliphatic rings. The van der Waals surface area contributed by atoms with E-state index >= 15 is 0 Å². The van der Waals surface area contributed by atoms with Crippen molar-refractivity contribution < 1.29 is 14.6 Å². The van der Waals surface area contributed by atoms with Crippen molar-refractivity contribution >= 4 is 17.7 Å². The molecule has 20 heavy (non-hydrogen) atoms. The second kappa shape index (κ2) is 7.55. The standard InChI is InChI=1S/C15H21NO3S/c16-13(7-8-15(17)18)12-5-1-2-6-14(12)19-11-4-3-9-20-10-11/h1-2,5-6,11,13H,3-4,7-10,16H2,(H,17,18). The van der Waals surface area contributed by atoms with Crippen molar-refractivity contribution in [3.8, 4) is 5.75 Å². The maximum absolute atomic E-state index is 10.6. The van der Waals surface area contributed by atoms with E-state index in [1.807, 2.05) is 36.0 Å². The first kappa shape index (κ1) is 15.2. The molecule has 3 N–H and O–H groups in total. The SMILES string of the molecule is NC(CCC(=O)O)c1ccccc1OC1CCCSC1. The summed E-state index contributed by atoms with van der Waals surface area (Å²) in [7, 11) is 0. The van der Waals surface area contributed by atoms with Crippen molar-refractivity contribution in [3.63, 3.8) is 0 Å². The van der Waals surface area contributed by atoms with Crippen LogP contribution in [0.3, 0.4) is 0 Å². The first-order chi connectivity index (χ1) is 9.66. The zero-order valence-electron chi connectivity index (χ0n) is 11.5. The summed E-state index contributed by atoms with van der Waals surface area (Å²) in [6.45, 7) is 0. The van der Waals surface area contributed by atoms with Crippen LogP contribution in [0.25, 0.3) is 0 Å². The normalized spacial score (nSPS) is 20.4. The number of carbonyl (C=O) groups is 1. The molecule has 2 atom stereocenters. The first-order valence-corrected chi connectivity index (χ1v) is 8.13. The lowest BCUT2D eigenvalue weighted by Crippen LogP contribution is -2.24. The molecule has 0 radical (unpaired) electrons. The van der Waals surface area contributed by atoms with Gasteiger partial charge in [-0.3, -0.25) is 4.79 Å². The highest BCUT2D eigenvalue weighted by molar-refractivity contribution is 7.99. The maximum Gasteiger partial charge on any atom is 0.303 e. The van der Waals surface area contributed by atoms with Crippen molar-refractivity contribution in [3.05, 3.63) is 29.8 Å². The molecule has 0 amide bonds. The Kier molecular flexibility index (Phi) is 5.73. The quantitative estimate of drug-likeness (QED) is 0.844. The molecule has 2 unspecified atom stereocenters. The molecule has 0 aromatic heterocycles. The predicted molar refractivity (Wildman–Crippen MR) is 81.2 cm³/mol. The molecule has 1 heterocycles. The van der Waals surface area contributed by atoms with Gasteiger partial charge in [0.15, 0.2) is 0 Å². The van der Waals surface area contributed by atoms with Gasteiger partial charge in [0.1, 0.15) is 11.9 Å². The number of ether oxygens (including phenoxy) is 1. The highest BCUT2D eigenvalue weighted by Crippen LogP contribution is 2.29. The van der Waals surface area contributed by atoms with Crippen molar-refractivity contribution in [1.82, 2.24) is 0 Å². The minimum Gasteiger partial charge on any atom is -0.489 e.